The number of amides is 1. The van der Waals surface area contributed by atoms with Gasteiger partial charge in [-0.1, -0.05) is 27.4 Å². The second kappa shape index (κ2) is 5.55. The van der Waals surface area contributed by atoms with E-state index < -0.39 is 5.97 Å². The zero-order valence-electron chi connectivity index (χ0n) is 11.8. The Bertz CT molecular complexity index is 355. The van der Waals surface area contributed by atoms with Crippen molar-refractivity contribution >= 4 is 11.9 Å². The number of ether oxygens (including phenoxy) is 1. The molecule has 102 valence electrons. The van der Waals surface area contributed by atoms with Crippen LogP contribution in [0.1, 0.15) is 34.1 Å². The van der Waals surface area contributed by atoms with Crippen molar-refractivity contribution in [1.29, 1.82) is 0 Å². The van der Waals surface area contributed by atoms with E-state index in [1.807, 2.05) is 0 Å². The Hall–Kier alpha value is -1.32. The van der Waals surface area contributed by atoms with Gasteiger partial charge >= 0.3 is 5.97 Å². The summed E-state index contributed by atoms with van der Waals surface area (Å²) in [5.74, 6) is 0.0184. The number of rotatable bonds is 4. The largest absolute Gasteiger partial charge is 0.463 e. The van der Waals surface area contributed by atoms with Gasteiger partial charge in [0.15, 0.2) is 0 Å². The second-order valence-electron chi connectivity index (χ2n) is 5.87. The summed E-state index contributed by atoms with van der Waals surface area (Å²) in [5.41, 5.74) is 0.454. The van der Waals surface area contributed by atoms with Gasteiger partial charge < -0.3 is 9.64 Å². The Labute approximate surface area is 109 Å². The number of esters is 1. The summed E-state index contributed by atoms with van der Waals surface area (Å²) < 4.78 is 4.87. The minimum Gasteiger partial charge on any atom is -0.463 e. The van der Waals surface area contributed by atoms with Crippen LogP contribution in [0, 0.1) is 11.3 Å². The van der Waals surface area contributed by atoms with Crippen LogP contribution >= 0.6 is 0 Å². The summed E-state index contributed by atoms with van der Waals surface area (Å²) >= 11 is 0. The van der Waals surface area contributed by atoms with Crippen LogP contribution in [-0.4, -0.2) is 36.5 Å². The van der Waals surface area contributed by atoms with Gasteiger partial charge in [-0.15, -0.1) is 0 Å². The quantitative estimate of drug-likeness (QED) is 0.568. The highest BCUT2D eigenvalue weighted by molar-refractivity contribution is 5.89. The predicted octanol–water partition coefficient (Wildman–Crippen LogP) is 2.00. The number of hydrogen-bond donors (Lipinski definition) is 0. The third kappa shape index (κ3) is 3.59. The van der Waals surface area contributed by atoms with Crippen molar-refractivity contribution in [2.45, 2.75) is 34.1 Å². The Morgan fingerprint density at radius 1 is 1.50 bits per heavy atom. The minimum atomic E-state index is -0.412. The minimum absolute atomic E-state index is 0.0976. The van der Waals surface area contributed by atoms with Crippen molar-refractivity contribution in [3.05, 3.63) is 12.2 Å². The van der Waals surface area contributed by atoms with Crippen LogP contribution < -0.4 is 0 Å². The molecule has 18 heavy (non-hydrogen) atoms. The van der Waals surface area contributed by atoms with Crippen LogP contribution in [0.4, 0.5) is 0 Å². The van der Waals surface area contributed by atoms with E-state index in [1.54, 1.807) is 11.8 Å². The summed E-state index contributed by atoms with van der Waals surface area (Å²) in [4.78, 5) is 25.0. The first kappa shape index (κ1) is 14.7. The molecule has 0 radical (unpaired) electrons. The highest BCUT2D eigenvalue weighted by Crippen LogP contribution is 2.34. The standard InChI is InChI=1S/C14H23NO3/c1-6-18-13(17)10(2)8-15-9-11(7-12(15)16)14(3,4)5/h11H,2,6-9H2,1,3-5H3. The van der Waals surface area contributed by atoms with Crippen LogP contribution in [0.15, 0.2) is 12.2 Å². The lowest BCUT2D eigenvalue weighted by Crippen LogP contribution is -2.31. The molecule has 4 nitrogen and oxygen atoms in total. The smallest absolute Gasteiger partial charge is 0.335 e. The van der Waals surface area contributed by atoms with Crippen molar-refractivity contribution in [3.63, 3.8) is 0 Å². The molecule has 0 aliphatic carbocycles. The molecule has 1 atom stereocenters. The van der Waals surface area contributed by atoms with Gasteiger partial charge in [0.05, 0.1) is 13.2 Å². The molecule has 1 amide bonds. The van der Waals surface area contributed by atoms with Crippen LogP contribution in [0.25, 0.3) is 0 Å². The Balaban J connectivity index is 2.57. The molecule has 4 heteroatoms. The average molecular weight is 253 g/mol. The highest BCUT2D eigenvalue weighted by Gasteiger charge is 2.37. The van der Waals surface area contributed by atoms with E-state index >= 15 is 0 Å². The fourth-order valence-electron chi connectivity index (χ4n) is 2.03. The fourth-order valence-corrected chi connectivity index (χ4v) is 2.03. The molecule has 1 fully saturated rings. The first-order valence-corrected chi connectivity index (χ1v) is 6.38. The van der Waals surface area contributed by atoms with Crippen molar-refractivity contribution in [1.82, 2.24) is 4.90 Å². The maximum absolute atomic E-state index is 11.9. The van der Waals surface area contributed by atoms with Gasteiger partial charge in [-0.05, 0) is 18.3 Å². The molecular weight excluding hydrogens is 230 g/mol. The summed E-state index contributed by atoms with van der Waals surface area (Å²) in [5, 5.41) is 0. The van der Waals surface area contributed by atoms with Crippen molar-refractivity contribution in [2.24, 2.45) is 11.3 Å². The van der Waals surface area contributed by atoms with Crippen molar-refractivity contribution in [2.75, 3.05) is 19.7 Å². The Morgan fingerprint density at radius 2 is 2.11 bits per heavy atom. The highest BCUT2D eigenvalue weighted by atomic mass is 16.5. The average Bonchev–Trinajstić information content (AvgIpc) is 2.60. The molecule has 0 bridgehead atoms. The molecule has 1 heterocycles. The van der Waals surface area contributed by atoms with Crippen LogP contribution in [0.5, 0.6) is 0 Å². The maximum atomic E-state index is 11.9. The van der Waals surface area contributed by atoms with Crippen molar-refractivity contribution < 1.29 is 14.3 Å². The molecular formula is C14H23NO3. The zero-order chi connectivity index (χ0) is 13.9. The molecule has 0 aromatic carbocycles. The van der Waals surface area contributed by atoms with E-state index in [0.717, 1.165) is 0 Å². The topological polar surface area (TPSA) is 46.6 Å². The number of carbonyl (C=O) groups excluding carboxylic acids is 2. The summed E-state index contributed by atoms with van der Waals surface area (Å²) in [7, 11) is 0. The van der Waals surface area contributed by atoms with Gasteiger partial charge in [-0.2, -0.15) is 0 Å². The third-order valence-corrected chi connectivity index (χ3v) is 3.39. The fraction of sp³-hybridized carbons (Fsp3) is 0.714. The maximum Gasteiger partial charge on any atom is 0.335 e. The molecule has 0 aromatic rings. The van der Waals surface area contributed by atoms with Gasteiger partial charge in [0.1, 0.15) is 0 Å². The second-order valence-corrected chi connectivity index (χ2v) is 5.87. The third-order valence-electron chi connectivity index (χ3n) is 3.39. The first-order chi connectivity index (χ1) is 8.25. The van der Waals surface area contributed by atoms with E-state index in [9.17, 15) is 9.59 Å². The molecule has 0 aromatic heterocycles. The Morgan fingerprint density at radius 3 is 2.56 bits per heavy atom. The molecule has 1 rings (SSSR count). The molecule has 0 N–H and O–H groups in total. The van der Waals surface area contributed by atoms with Crippen LogP contribution in [0.3, 0.4) is 0 Å². The van der Waals surface area contributed by atoms with Gasteiger partial charge in [0, 0.05) is 18.5 Å². The number of nitrogens with zero attached hydrogens (tertiary/aromatic N) is 1. The molecule has 1 saturated heterocycles. The lowest BCUT2D eigenvalue weighted by Gasteiger charge is -2.26. The zero-order valence-corrected chi connectivity index (χ0v) is 11.8. The van der Waals surface area contributed by atoms with Crippen LogP contribution in [-0.2, 0) is 14.3 Å². The van der Waals surface area contributed by atoms with Gasteiger partial charge in [0.25, 0.3) is 0 Å². The number of likely N-dealkylation sites (tertiary alicyclic amines) is 1. The molecule has 1 unspecified atom stereocenters. The lowest BCUT2D eigenvalue weighted by molar-refractivity contribution is -0.138. The molecule has 1 aliphatic rings. The number of carbonyl (C=O) groups is 2. The van der Waals surface area contributed by atoms with Gasteiger partial charge in [-0.25, -0.2) is 4.79 Å². The lowest BCUT2D eigenvalue weighted by atomic mass is 9.80. The first-order valence-electron chi connectivity index (χ1n) is 6.38. The van der Waals surface area contributed by atoms with E-state index in [2.05, 4.69) is 27.4 Å². The molecule has 1 aliphatic heterocycles. The number of hydrogen-bond acceptors (Lipinski definition) is 3. The van der Waals surface area contributed by atoms with Crippen LogP contribution in [0.2, 0.25) is 0 Å². The molecule has 0 spiro atoms. The summed E-state index contributed by atoms with van der Waals surface area (Å²) in [6.07, 6.45) is 0.555. The van der Waals surface area contributed by atoms with E-state index in [1.165, 1.54) is 0 Å². The van der Waals surface area contributed by atoms with E-state index in [4.69, 9.17) is 4.74 Å². The summed E-state index contributed by atoms with van der Waals surface area (Å²) in [6, 6.07) is 0. The molecule has 0 saturated carbocycles. The van der Waals surface area contributed by atoms with E-state index in [-0.39, 0.29) is 17.9 Å². The monoisotopic (exact) mass is 253 g/mol. The van der Waals surface area contributed by atoms with Crippen molar-refractivity contribution in [3.8, 4) is 0 Å². The van der Waals surface area contributed by atoms with Gasteiger partial charge in [-0.3, -0.25) is 4.79 Å². The summed E-state index contributed by atoms with van der Waals surface area (Å²) in [6.45, 7) is 13.1. The predicted molar refractivity (Wildman–Crippen MR) is 69.9 cm³/mol. The van der Waals surface area contributed by atoms with E-state index in [0.29, 0.717) is 31.1 Å². The normalized spacial score (nSPS) is 20.1. The Kier molecular flexibility index (Phi) is 4.54. The SMILES string of the molecule is C=C(CN1CC(C(C)(C)C)CC1=O)C(=O)OCC. The van der Waals surface area contributed by atoms with Gasteiger partial charge in [0.2, 0.25) is 5.91 Å².